The van der Waals surface area contributed by atoms with E-state index in [0.29, 0.717) is 13.0 Å². The van der Waals surface area contributed by atoms with Crippen LogP contribution in [0.4, 0.5) is 10.1 Å². The van der Waals surface area contributed by atoms with E-state index < -0.39 is 20.7 Å². The number of nitrogens with one attached hydrogen (secondary N) is 1. The molecule has 0 atom stereocenters. The summed E-state index contributed by atoms with van der Waals surface area (Å²) < 4.78 is 41.8. The monoisotopic (exact) mass is 332 g/mol. The number of benzene rings is 1. The Morgan fingerprint density at radius 3 is 2.86 bits per heavy atom. The van der Waals surface area contributed by atoms with E-state index in [1.54, 1.807) is 23.1 Å². The zero-order valence-electron chi connectivity index (χ0n) is 11.0. The first kappa shape index (κ1) is 15.7. The largest absolute Gasteiger partial charge is 0.399 e. The van der Waals surface area contributed by atoms with Gasteiger partial charge in [0.1, 0.15) is 4.90 Å². The van der Waals surface area contributed by atoms with Gasteiger partial charge >= 0.3 is 0 Å². The van der Waals surface area contributed by atoms with Gasteiger partial charge in [-0.15, -0.1) is 0 Å². The summed E-state index contributed by atoms with van der Waals surface area (Å²) in [5.41, 5.74) is 5.57. The lowest BCUT2D eigenvalue weighted by Gasteiger charge is -2.09. The van der Waals surface area contributed by atoms with Gasteiger partial charge in [-0.1, -0.05) is 11.6 Å². The molecule has 0 spiro atoms. The van der Waals surface area contributed by atoms with Gasteiger partial charge in [0.2, 0.25) is 10.0 Å². The third kappa shape index (κ3) is 3.93. The fourth-order valence-corrected chi connectivity index (χ4v) is 3.23. The number of hydrogen-bond acceptors (Lipinski definition) is 4. The minimum absolute atomic E-state index is 0.0818. The summed E-state index contributed by atoms with van der Waals surface area (Å²) in [6.07, 6.45) is 3.92. The first-order chi connectivity index (χ1) is 9.90. The number of sulfonamides is 1. The van der Waals surface area contributed by atoms with Gasteiger partial charge in [0.15, 0.2) is 5.82 Å². The molecule has 0 fully saturated rings. The second-order valence-corrected chi connectivity index (χ2v) is 6.48. The predicted molar refractivity (Wildman–Crippen MR) is 77.9 cm³/mol. The summed E-state index contributed by atoms with van der Waals surface area (Å²) >= 11 is 5.60. The van der Waals surface area contributed by atoms with Crippen molar-refractivity contribution in [2.45, 2.75) is 17.9 Å². The Hall–Kier alpha value is -1.64. The predicted octanol–water partition coefficient (Wildman–Crippen LogP) is 1.63. The van der Waals surface area contributed by atoms with Crippen molar-refractivity contribution in [2.75, 3.05) is 12.3 Å². The molecule has 9 heteroatoms. The molecule has 0 radical (unpaired) electrons. The minimum Gasteiger partial charge on any atom is -0.399 e. The molecule has 2 rings (SSSR count). The second-order valence-electron chi connectivity index (χ2n) is 4.34. The summed E-state index contributed by atoms with van der Waals surface area (Å²) in [6.45, 7) is 0.698. The molecule has 0 saturated carbocycles. The van der Waals surface area contributed by atoms with Crippen LogP contribution in [0.3, 0.4) is 0 Å². The van der Waals surface area contributed by atoms with Crippen LogP contribution in [0.25, 0.3) is 0 Å². The molecule has 1 aromatic carbocycles. The quantitative estimate of drug-likeness (QED) is 0.621. The lowest BCUT2D eigenvalue weighted by atomic mass is 10.3. The first-order valence-corrected chi connectivity index (χ1v) is 7.98. The smallest absolute Gasteiger partial charge is 0.243 e. The Balaban J connectivity index is 2.02. The standard InChI is InChI=1S/C12H14ClFN4O2S/c13-10-7-9(15)8-11(12(10)14)21(19,20)17-4-2-6-18-5-1-3-16-18/h1,3,5,7-8,17H,2,4,6,15H2. The van der Waals surface area contributed by atoms with E-state index in [4.69, 9.17) is 17.3 Å². The third-order valence-corrected chi connectivity index (χ3v) is 4.46. The van der Waals surface area contributed by atoms with Crippen molar-refractivity contribution in [3.05, 3.63) is 41.4 Å². The van der Waals surface area contributed by atoms with Crippen molar-refractivity contribution in [2.24, 2.45) is 0 Å². The van der Waals surface area contributed by atoms with Crippen LogP contribution in [0.5, 0.6) is 0 Å². The molecule has 0 aliphatic rings. The second kappa shape index (κ2) is 6.42. The lowest BCUT2D eigenvalue weighted by molar-refractivity contribution is 0.542. The maximum absolute atomic E-state index is 13.8. The Labute approximate surface area is 126 Å². The normalized spacial score (nSPS) is 11.7. The maximum Gasteiger partial charge on any atom is 0.243 e. The zero-order valence-corrected chi connectivity index (χ0v) is 12.5. The summed E-state index contributed by atoms with van der Waals surface area (Å²) in [5, 5.41) is 3.66. The fourth-order valence-electron chi connectivity index (χ4n) is 1.74. The van der Waals surface area contributed by atoms with E-state index >= 15 is 0 Å². The molecule has 114 valence electrons. The summed E-state index contributed by atoms with van der Waals surface area (Å²) in [5.74, 6) is -1.01. The molecule has 6 nitrogen and oxygen atoms in total. The number of aryl methyl sites for hydroxylation is 1. The fraction of sp³-hybridized carbons (Fsp3) is 0.250. The molecule has 21 heavy (non-hydrogen) atoms. The SMILES string of the molecule is Nc1cc(Cl)c(F)c(S(=O)(=O)NCCCn2cccn2)c1. The molecule has 1 heterocycles. The average Bonchev–Trinajstić information content (AvgIpc) is 2.92. The highest BCUT2D eigenvalue weighted by molar-refractivity contribution is 7.89. The van der Waals surface area contributed by atoms with Gasteiger partial charge in [-0.05, 0) is 24.6 Å². The third-order valence-electron chi connectivity index (χ3n) is 2.72. The molecule has 2 aromatic rings. The number of nitrogens with two attached hydrogens (primary N) is 1. The number of halogens is 2. The Morgan fingerprint density at radius 2 is 2.19 bits per heavy atom. The number of anilines is 1. The van der Waals surface area contributed by atoms with E-state index in [2.05, 4.69) is 9.82 Å². The Kier molecular flexibility index (Phi) is 4.81. The zero-order chi connectivity index (χ0) is 15.5. The maximum atomic E-state index is 13.8. The van der Waals surface area contributed by atoms with Crippen LogP contribution < -0.4 is 10.5 Å². The summed E-state index contributed by atoms with van der Waals surface area (Å²) in [7, 11) is -4.00. The number of nitrogens with zero attached hydrogens (tertiary/aromatic N) is 2. The van der Waals surface area contributed by atoms with Gasteiger partial charge in [-0.2, -0.15) is 5.10 Å². The summed E-state index contributed by atoms with van der Waals surface area (Å²) in [6, 6.07) is 3.97. The van der Waals surface area contributed by atoms with Crippen LogP contribution >= 0.6 is 11.6 Å². The van der Waals surface area contributed by atoms with Crippen molar-refractivity contribution in [3.8, 4) is 0 Å². The van der Waals surface area contributed by atoms with E-state index in [1.165, 1.54) is 0 Å². The van der Waals surface area contributed by atoms with Crippen LogP contribution in [0.1, 0.15) is 6.42 Å². The highest BCUT2D eigenvalue weighted by Crippen LogP contribution is 2.25. The van der Waals surface area contributed by atoms with E-state index in [-0.39, 0.29) is 17.3 Å². The molecular formula is C12H14ClFN4O2S. The molecular weight excluding hydrogens is 319 g/mol. The number of hydrogen-bond donors (Lipinski definition) is 2. The highest BCUT2D eigenvalue weighted by atomic mass is 35.5. The van der Waals surface area contributed by atoms with Crippen molar-refractivity contribution >= 4 is 27.3 Å². The van der Waals surface area contributed by atoms with Gasteiger partial charge in [0.05, 0.1) is 5.02 Å². The molecule has 0 amide bonds. The van der Waals surface area contributed by atoms with Crippen LogP contribution in [-0.4, -0.2) is 24.7 Å². The van der Waals surface area contributed by atoms with Gasteiger partial charge < -0.3 is 5.73 Å². The molecule has 1 aromatic heterocycles. The lowest BCUT2D eigenvalue weighted by Crippen LogP contribution is -2.26. The Morgan fingerprint density at radius 1 is 1.43 bits per heavy atom. The van der Waals surface area contributed by atoms with Gasteiger partial charge in [-0.25, -0.2) is 17.5 Å². The Bertz CT molecular complexity index is 719. The van der Waals surface area contributed by atoms with Crippen molar-refractivity contribution in [1.82, 2.24) is 14.5 Å². The van der Waals surface area contributed by atoms with Crippen LogP contribution in [0, 0.1) is 5.82 Å². The minimum atomic E-state index is -4.00. The van der Waals surface area contributed by atoms with Crippen molar-refractivity contribution in [1.29, 1.82) is 0 Å². The molecule has 0 saturated heterocycles. The molecule has 0 aliphatic heterocycles. The van der Waals surface area contributed by atoms with E-state index in [1.807, 2.05) is 0 Å². The molecule has 0 unspecified atom stereocenters. The topological polar surface area (TPSA) is 90.0 Å². The molecule has 0 bridgehead atoms. The van der Waals surface area contributed by atoms with Crippen molar-refractivity contribution < 1.29 is 12.8 Å². The van der Waals surface area contributed by atoms with Gasteiger partial charge in [-0.3, -0.25) is 4.68 Å². The average molecular weight is 333 g/mol. The number of aromatic nitrogens is 2. The first-order valence-electron chi connectivity index (χ1n) is 6.12. The number of nitrogen functional groups attached to an aromatic ring is 1. The van der Waals surface area contributed by atoms with Crippen LogP contribution in [0.2, 0.25) is 5.02 Å². The number of rotatable bonds is 6. The van der Waals surface area contributed by atoms with Crippen molar-refractivity contribution in [3.63, 3.8) is 0 Å². The molecule has 3 N–H and O–H groups in total. The van der Waals surface area contributed by atoms with Gasteiger partial charge in [0.25, 0.3) is 0 Å². The van der Waals surface area contributed by atoms with Crippen LogP contribution in [-0.2, 0) is 16.6 Å². The molecule has 0 aliphatic carbocycles. The van der Waals surface area contributed by atoms with E-state index in [9.17, 15) is 12.8 Å². The highest BCUT2D eigenvalue weighted by Gasteiger charge is 2.21. The van der Waals surface area contributed by atoms with Crippen LogP contribution in [0.15, 0.2) is 35.5 Å². The summed E-state index contributed by atoms with van der Waals surface area (Å²) in [4.78, 5) is -0.549. The van der Waals surface area contributed by atoms with E-state index in [0.717, 1.165) is 12.1 Å². The van der Waals surface area contributed by atoms with Gasteiger partial charge in [0, 0.05) is 31.2 Å².